The Hall–Kier alpha value is -4.02. The van der Waals surface area contributed by atoms with Crippen LogP contribution in [0.1, 0.15) is 15.9 Å². The summed E-state index contributed by atoms with van der Waals surface area (Å²) in [6, 6.07) is 17.0. The van der Waals surface area contributed by atoms with Crippen LogP contribution in [0.3, 0.4) is 0 Å². The van der Waals surface area contributed by atoms with E-state index in [1.807, 2.05) is 29.3 Å². The van der Waals surface area contributed by atoms with Crippen molar-refractivity contribution in [1.82, 2.24) is 19.8 Å². The fourth-order valence-corrected chi connectivity index (χ4v) is 5.69. The highest BCUT2D eigenvalue weighted by Gasteiger charge is 2.23. The molecule has 0 bridgehead atoms. The molecular weight excluding hydrogens is 490 g/mol. The Labute approximate surface area is 215 Å². The first-order valence-electron chi connectivity index (χ1n) is 11.9. The summed E-state index contributed by atoms with van der Waals surface area (Å²) in [5, 5.41) is 0.742. The Morgan fingerprint density at radius 2 is 1.73 bits per heavy atom. The summed E-state index contributed by atoms with van der Waals surface area (Å²) >= 11 is 0. The van der Waals surface area contributed by atoms with Gasteiger partial charge in [-0.3, -0.25) is 24.4 Å². The highest BCUT2D eigenvalue weighted by Crippen LogP contribution is 2.24. The van der Waals surface area contributed by atoms with Gasteiger partial charge in [0.1, 0.15) is 10.6 Å². The summed E-state index contributed by atoms with van der Waals surface area (Å²) < 4.78 is 34.1. The first-order chi connectivity index (χ1) is 17.9. The highest BCUT2D eigenvalue weighted by molar-refractivity contribution is 7.93. The van der Waals surface area contributed by atoms with Gasteiger partial charge in [-0.05, 0) is 42.5 Å². The lowest BCUT2D eigenvalue weighted by Gasteiger charge is -2.35. The zero-order valence-electron chi connectivity index (χ0n) is 20.4. The van der Waals surface area contributed by atoms with Crippen molar-refractivity contribution in [2.24, 2.45) is 0 Å². The van der Waals surface area contributed by atoms with Crippen LogP contribution >= 0.6 is 0 Å². The molecule has 2 aromatic carbocycles. The Morgan fingerprint density at radius 1 is 0.973 bits per heavy atom. The quantitative estimate of drug-likeness (QED) is 0.401. The van der Waals surface area contributed by atoms with Crippen LogP contribution < -0.4 is 9.46 Å². The third-order valence-corrected chi connectivity index (χ3v) is 7.81. The molecule has 1 aliphatic rings. The molecule has 2 aromatic heterocycles. The molecule has 190 valence electrons. The minimum absolute atomic E-state index is 0.0775. The molecule has 4 aromatic rings. The second-order valence-electron chi connectivity index (χ2n) is 8.77. The molecule has 0 unspecified atom stereocenters. The lowest BCUT2D eigenvalue weighted by Crippen LogP contribution is -2.48. The predicted molar refractivity (Wildman–Crippen MR) is 141 cm³/mol. The summed E-state index contributed by atoms with van der Waals surface area (Å²) in [5.41, 5.74) is 2.31. The van der Waals surface area contributed by atoms with Gasteiger partial charge in [0, 0.05) is 73.5 Å². The third kappa shape index (κ3) is 5.40. The SMILES string of the molecule is COc1ccncc1CN1CCN(C(=O)c2ccc(NS(=O)(=O)c3cccc4cccnc34)cc2)CC1. The third-order valence-electron chi connectivity index (χ3n) is 6.40. The van der Waals surface area contributed by atoms with E-state index in [4.69, 9.17) is 4.74 Å². The number of nitrogens with one attached hydrogen (secondary N) is 1. The molecule has 0 saturated carbocycles. The number of aromatic nitrogens is 2. The molecular formula is C27H27N5O4S. The molecule has 9 nitrogen and oxygen atoms in total. The molecule has 37 heavy (non-hydrogen) atoms. The molecule has 1 saturated heterocycles. The van der Waals surface area contributed by atoms with E-state index in [2.05, 4.69) is 19.6 Å². The number of piperazine rings is 1. The van der Waals surface area contributed by atoms with Crippen LogP contribution in [0.25, 0.3) is 10.9 Å². The number of rotatable bonds is 7. The first kappa shape index (κ1) is 24.7. The van der Waals surface area contributed by atoms with E-state index in [1.54, 1.807) is 55.9 Å². The number of hydrogen-bond donors (Lipinski definition) is 1. The molecule has 5 rings (SSSR count). The number of amides is 1. The van der Waals surface area contributed by atoms with E-state index in [9.17, 15) is 13.2 Å². The molecule has 0 spiro atoms. The lowest BCUT2D eigenvalue weighted by atomic mass is 10.1. The van der Waals surface area contributed by atoms with Gasteiger partial charge in [-0.1, -0.05) is 18.2 Å². The molecule has 1 amide bonds. The van der Waals surface area contributed by atoms with E-state index in [-0.39, 0.29) is 10.8 Å². The molecule has 0 atom stereocenters. The monoisotopic (exact) mass is 517 g/mol. The number of carbonyl (C=O) groups excluding carboxylic acids is 1. The van der Waals surface area contributed by atoms with Gasteiger partial charge in [0.15, 0.2) is 0 Å². The second kappa shape index (κ2) is 10.5. The van der Waals surface area contributed by atoms with Gasteiger partial charge in [0.25, 0.3) is 15.9 Å². The number of benzene rings is 2. The van der Waals surface area contributed by atoms with E-state index in [0.29, 0.717) is 36.4 Å². The summed E-state index contributed by atoms with van der Waals surface area (Å²) in [7, 11) is -2.21. The van der Waals surface area contributed by atoms with Gasteiger partial charge >= 0.3 is 0 Å². The Kier molecular flexibility index (Phi) is 7.02. The summed E-state index contributed by atoms with van der Waals surface area (Å²) in [4.78, 5) is 25.7. The van der Waals surface area contributed by atoms with Crippen LogP contribution in [0, 0.1) is 0 Å². The maximum Gasteiger partial charge on any atom is 0.264 e. The average Bonchev–Trinajstić information content (AvgIpc) is 2.93. The highest BCUT2D eigenvalue weighted by atomic mass is 32.2. The Balaban J connectivity index is 1.21. The average molecular weight is 518 g/mol. The maximum absolute atomic E-state index is 13.1. The number of para-hydroxylation sites is 1. The summed E-state index contributed by atoms with van der Waals surface area (Å²) in [5.74, 6) is 0.729. The molecule has 1 N–H and O–H groups in total. The van der Waals surface area contributed by atoms with Gasteiger partial charge in [-0.2, -0.15) is 0 Å². The standard InChI is InChI=1S/C27H27N5O4S/c1-36-24-11-13-28-18-22(24)19-31-14-16-32(17-15-31)27(33)21-7-9-23(10-8-21)30-37(34,35)25-6-2-4-20-5-3-12-29-26(20)25/h2-13,18,30H,14-17,19H2,1H3. The predicted octanol–water partition coefficient (Wildman–Crippen LogP) is 3.40. The van der Waals surface area contributed by atoms with E-state index >= 15 is 0 Å². The van der Waals surface area contributed by atoms with E-state index in [1.165, 1.54) is 6.07 Å². The zero-order valence-corrected chi connectivity index (χ0v) is 21.2. The van der Waals surface area contributed by atoms with Crippen molar-refractivity contribution in [2.75, 3.05) is 38.0 Å². The van der Waals surface area contributed by atoms with Gasteiger partial charge in [0.2, 0.25) is 0 Å². The number of nitrogens with zero attached hydrogens (tertiary/aromatic N) is 4. The molecule has 0 radical (unpaired) electrons. The molecule has 10 heteroatoms. The number of methoxy groups -OCH3 is 1. The normalized spacial score (nSPS) is 14.5. The van der Waals surface area contributed by atoms with Gasteiger partial charge in [-0.25, -0.2) is 8.42 Å². The van der Waals surface area contributed by atoms with Crippen LogP contribution in [-0.2, 0) is 16.6 Å². The van der Waals surface area contributed by atoms with Gasteiger partial charge in [0.05, 0.1) is 12.6 Å². The summed E-state index contributed by atoms with van der Waals surface area (Å²) in [6.45, 7) is 3.38. The number of anilines is 1. The largest absolute Gasteiger partial charge is 0.496 e. The van der Waals surface area contributed by atoms with Crippen molar-refractivity contribution < 1.29 is 17.9 Å². The number of hydrogen-bond acceptors (Lipinski definition) is 7. The number of carbonyl (C=O) groups is 1. The maximum atomic E-state index is 13.1. The fourth-order valence-electron chi connectivity index (χ4n) is 4.45. The van der Waals surface area contributed by atoms with Gasteiger partial charge < -0.3 is 9.64 Å². The number of ether oxygens (including phenoxy) is 1. The van der Waals surface area contributed by atoms with Crippen molar-refractivity contribution in [2.45, 2.75) is 11.4 Å². The van der Waals surface area contributed by atoms with Crippen molar-refractivity contribution in [1.29, 1.82) is 0 Å². The van der Waals surface area contributed by atoms with Crippen LogP contribution in [-0.4, -0.2) is 67.4 Å². The zero-order chi connectivity index (χ0) is 25.8. The first-order valence-corrected chi connectivity index (χ1v) is 13.4. The van der Waals surface area contributed by atoms with Crippen molar-refractivity contribution >= 4 is 32.5 Å². The van der Waals surface area contributed by atoms with Crippen LogP contribution in [0.2, 0.25) is 0 Å². The van der Waals surface area contributed by atoms with Gasteiger partial charge in [-0.15, -0.1) is 0 Å². The number of fused-ring (bicyclic) bond motifs is 1. The van der Waals surface area contributed by atoms with Crippen molar-refractivity contribution in [3.63, 3.8) is 0 Å². The molecule has 3 heterocycles. The fraction of sp³-hybridized carbons (Fsp3) is 0.222. The minimum atomic E-state index is -3.86. The minimum Gasteiger partial charge on any atom is -0.496 e. The number of pyridine rings is 2. The Bertz CT molecular complexity index is 1510. The van der Waals surface area contributed by atoms with Crippen LogP contribution in [0.5, 0.6) is 5.75 Å². The summed E-state index contributed by atoms with van der Waals surface area (Å²) in [6.07, 6.45) is 5.08. The number of sulfonamides is 1. The Morgan fingerprint density at radius 3 is 2.49 bits per heavy atom. The van der Waals surface area contributed by atoms with Crippen molar-refractivity contribution in [3.8, 4) is 5.75 Å². The second-order valence-corrected chi connectivity index (χ2v) is 10.4. The van der Waals surface area contributed by atoms with Crippen LogP contribution in [0.15, 0.2) is 84.1 Å². The van der Waals surface area contributed by atoms with Crippen LogP contribution in [0.4, 0.5) is 5.69 Å². The van der Waals surface area contributed by atoms with E-state index < -0.39 is 10.0 Å². The topological polar surface area (TPSA) is 105 Å². The van der Waals surface area contributed by atoms with Crippen molar-refractivity contribution in [3.05, 3.63) is 90.4 Å². The smallest absolute Gasteiger partial charge is 0.264 e. The van der Waals surface area contributed by atoms with E-state index in [0.717, 1.165) is 29.8 Å². The molecule has 1 aliphatic heterocycles. The lowest BCUT2D eigenvalue weighted by molar-refractivity contribution is 0.0627. The molecule has 0 aliphatic carbocycles. The molecule has 1 fully saturated rings.